The average molecular weight is 240 g/mol. The number of nitrogens with one attached hydrogen (secondary N) is 1. The minimum Gasteiger partial charge on any atom is -0.459 e. The van der Waals surface area contributed by atoms with Crippen LogP contribution < -0.4 is 5.73 Å². The Balaban J connectivity index is 2.88. The quantitative estimate of drug-likeness (QED) is 0.599. The summed E-state index contributed by atoms with van der Waals surface area (Å²) in [5.41, 5.74) is 6.47. The molecule has 0 fully saturated rings. The van der Waals surface area contributed by atoms with Crippen LogP contribution in [-0.4, -0.2) is 17.5 Å². The van der Waals surface area contributed by atoms with Gasteiger partial charge in [-0.1, -0.05) is 6.07 Å². The van der Waals surface area contributed by atoms with Crippen LogP contribution in [0.1, 0.15) is 31.6 Å². The molecular formula is C11H14NO3S. The fourth-order valence-corrected chi connectivity index (χ4v) is 1.98. The van der Waals surface area contributed by atoms with E-state index in [4.69, 9.17) is 10.5 Å². The van der Waals surface area contributed by atoms with Crippen LogP contribution in [0.2, 0.25) is 0 Å². The van der Waals surface area contributed by atoms with Crippen LogP contribution in [0.3, 0.4) is 0 Å². The topological polar surface area (TPSA) is 67.2 Å². The Morgan fingerprint density at radius 3 is 2.44 bits per heavy atom. The van der Waals surface area contributed by atoms with Crippen LogP contribution in [-0.2, 0) is 14.3 Å². The molecule has 1 aromatic heterocycles. The third-order valence-electron chi connectivity index (χ3n) is 1.73. The Hall–Kier alpha value is -1.36. The van der Waals surface area contributed by atoms with Gasteiger partial charge in [-0.3, -0.25) is 15.3 Å². The highest BCUT2D eigenvalue weighted by molar-refractivity contribution is 7.10. The molecule has 0 saturated heterocycles. The van der Waals surface area contributed by atoms with Gasteiger partial charge in [0.2, 0.25) is 0 Å². The third-order valence-corrected chi connectivity index (χ3v) is 2.67. The number of carbonyl (C=O) groups excluding carboxylic acids is 2. The van der Waals surface area contributed by atoms with E-state index in [0.717, 1.165) is 0 Å². The van der Waals surface area contributed by atoms with Gasteiger partial charge in [0.15, 0.2) is 5.92 Å². The SMILES string of the molecule is CC(C)(C)OC(=O)C(C([NH])=O)c1cccs1. The Labute approximate surface area is 98.4 Å². The summed E-state index contributed by atoms with van der Waals surface area (Å²) >= 11 is 1.27. The molecule has 0 bridgehead atoms. The van der Waals surface area contributed by atoms with Crippen molar-refractivity contribution in [1.29, 1.82) is 0 Å². The molecule has 4 nitrogen and oxygen atoms in total. The maximum absolute atomic E-state index is 11.7. The summed E-state index contributed by atoms with van der Waals surface area (Å²) in [4.78, 5) is 23.4. The minimum absolute atomic E-state index is 0.550. The second-order valence-electron chi connectivity index (χ2n) is 4.35. The molecular weight excluding hydrogens is 226 g/mol. The molecule has 1 atom stereocenters. The van der Waals surface area contributed by atoms with Crippen molar-refractivity contribution < 1.29 is 14.3 Å². The molecule has 5 heteroatoms. The van der Waals surface area contributed by atoms with E-state index in [1.54, 1.807) is 38.3 Å². The zero-order valence-electron chi connectivity index (χ0n) is 9.44. The molecule has 0 spiro atoms. The van der Waals surface area contributed by atoms with Crippen LogP contribution in [0, 0.1) is 0 Å². The zero-order chi connectivity index (χ0) is 12.3. The zero-order valence-corrected chi connectivity index (χ0v) is 10.3. The summed E-state index contributed by atoms with van der Waals surface area (Å²) in [5, 5.41) is 1.76. The lowest BCUT2D eigenvalue weighted by Gasteiger charge is -2.21. The molecule has 0 aromatic carbocycles. The molecule has 0 saturated carbocycles. The Morgan fingerprint density at radius 1 is 1.44 bits per heavy atom. The summed E-state index contributed by atoms with van der Waals surface area (Å²) in [6, 6.07) is 3.39. The average Bonchev–Trinajstić information content (AvgIpc) is 2.52. The first kappa shape index (κ1) is 12.7. The molecule has 1 amide bonds. The van der Waals surface area contributed by atoms with E-state index in [1.165, 1.54) is 11.3 Å². The molecule has 1 rings (SSSR count). The van der Waals surface area contributed by atoms with Crippen molar-refractivity contribution in [1.82, 2.24) is 5.73 Å². The van der Waals surface area contributed by atoms with Crippen molar-refractivity contribution in [2.24, 2.45) is 0 Å². The number of hydrogen-bond donors (Lipinski definition) is 0. The monoisotopic (exact) mass is 240 g/mol. The molecule has 1 N–H and O–H groups in total. The largest absolute Gasteiger partial charge is 0.459 e. The highest BCUT2D eigenvalue weighted by Crippen LogP contribution is 2.24. The summed E-state index contributed by atoms with van der Waals surface area (Å²) in [7, 11) is 0. The molecule has 1 aromatic rings. The lowest BCUT2D eigenvalue weighted by atomic mass is 10.1. The van der Waals surface area contributed by atoms with Gasteiger partial charge in [-0.2, -0.15) is 0 Å². The van der Waals surface area contributed by atoms with Crippen LogP contribution in [0.25, 0.3) is 0 Å². The van der Waals surface area contributed by atoms with Gasteiger partial charge in [0.1, 0.15) is 5.60 Å². The highest BCUT2D eigenvalue weighted by Gasteiger charge is 2.32. The first-order chi connectivity index (χ1) is 7.31. The van der Waals surface area contributed by atoms with Gasteiger partial charge >= 0.3 is 5.97 Å². The van der Waals surface area contributed by atoms with Gasteiger partial charge < -0.3 is 4.74 Å². The number of carbonyl (C=O) groups is 2. The second-order valence-corrected chi connectivity index (χ2v) is 5.33. The van der Waals surface area contributed by atoms with Gasteiger partial charge in [0, 0.05) is 4.88 Å². The molecule has 1 heterocycles. The van der Waals surface area contributed by atoms with Gasteiger partial charge in [-0.15, -0.1) is 11.3 Å². The summed E-state index contributed by atoms with van der Waals surface area (Å²) in [6.07, 6.45) is 0. The number of hydrogen-bond acceptors (Lipinski definition) is 4. The van der Waals surface area contributed by atoms with Crippen LogP contribution in [0.5, 0.6) is 0 Å². The molecule has 1 radical (unpaired) electrons. The van der Waals surface area contributed by atoms with Crippen molar-refractivity contribution in [3.63, 3.8) is 0 Å². The number of esters is 1. The molecule has 0 aliphatic heterocycles. The highest BCUT2D eigenvalue weighted by atomic mass is 32.1. The predicted molar refractivity (Wildman–Crippen MR) is 61.0 cm³/mol. The number of amides is 1. The number of thiophene rings is 1. The van der Waals surface area contributed by atoms with Crippen LogP contribution in [0.4, 0.5) is 0 Å². The van der Waals surface area contributed by atoms with Gasteiger partial charge in [0.25, 0.3) is 5.91 Å². The predicted octanol–water partition coefficient (Wildman–Crippen LogP) is 1.98. The molecule has 0 aliphatic carbocycles. The lowest BCUT2D eigenvalue weighted by molar-refractivity contribution is -0.158. The Bertz CT molecular complexity index is 378. The second kappa shape index (κ2) is 4.65. The Kier molecular flexibility index (Phi) is 3.70. The van der Waals surface area contributed by atoms with Crippen molar-refractivity contribution in [2.45, 2.75) is 32.3 Å². The maximum Gasteiger partial charge on any atom is 0.324 e. The third kappa shape index (κ3) is 3.34. The van der Waals surface area contributed by atoms with Crippen molar-refractivity contribution >= 4 is 23.2 Å². The van der Waals surface area contributed by atoms with E-state index in [2.05, 4.69) is 0 Å². The first-order valence-corrected chi connectivity index (χ1v) is 5.71. The molecule has 16 heavy (non-hydrogen) atoms. The van der Waals surface area contributed by atoms with Gasteiger partial charge in [-0.05, 0) is 32.2 Å². The van der Waals surface area contributed by atoms with E-state index in [0.29, 0.717) is 4.88 Å². The van der Waals surface area contributed by atoms with E-state index >= 15 is 0 Å². The number of ether oxygens (including phenoxy) is 1. The molecule has 1 unspecified atom stereocenters. The first-order valence-electron chi connectivity index (χ1n) is 4.83. The standard InChI is InChI=1S/C11H14NO3S/c1-11(2,3)15-10(14)8(9(12)13)7-5-4-6-16-7/h4-6,8,12H,1-3H3. The van der Waals surface area contributed by atoms with Gasteiger partial charge in [-0.25, -0.2) is 0 Å². The Morgan fingerprint density at radius 2 is 2.06 bits per heavy atom. The van der Waals surface area contributed by atoms with E-state index < -0.39 is 23.4 Å². The van der Waals surface area contributed by atoms with Gasteiger partial charge in [0.05, 0.1) is 0 Å². The smallest absolute Gasteiger partial charge is 0.324 e. The normalized spacial score (nSPS) is 13.2. The van der Waals surface area contributed by atoms with E-state index in [1.807, 2.05) is 0 Å². The van der Waals surface area contributed by atoms with E-state index in [-0.39, 0.29) is 0 Å². The molecule has 87 valence electrons. The van der Waals surface area contributed by atoms with Crippen LogP contribution in [0.15, 0.2) is 17.5 Å². The van der Waals surface area contributed by atoms with Crippen molar-refractivity contribution in [3.8, 4) is 0 Å². The number of rotatable bonds is 3. The molecule has 0 aliphatic rings. The fraction of sp³-hybridized carbons (Fsp3) is 0.455. The lowest BCUT2D eigenvalue weighted by Crippen LogP contribution is -2.31. The van der Waals surface area contributed by atoms with E-state index in [9.17, 15) is 9.59 Å². The fourth-order valence-electron chi connectivity index (χ4n) is 1.17. The van der Waals surface area contributed by atoms with Crippen LogP contribution >= 0.6 is 11.3 Å². The maximum atomic E-state index is 11.7. The minimum atomic E-state index is -1.11. The van der Waals surface area contributed by atoms with Crippen molar-refractivity contribution in [2.75, 3.05) is 0 Å². The summed E-state index contributed by atoms with van der Waals surface area (Å²) < 4.78 is 5.11. The van der Waals surface area contributed by atoms with Crippen molar-refractivity contribution in [3.05, 3.63) is 22.4 Å². The summed E-state index contributed by atoms with van der Waals surface area (Å²) in [5.74, 6) is -2.70. The summed E-state index contributed by atoms with van der Waals surface area (Å²) in [6.45, 7) is 5.18.